The number of rotatable bonds is 4. The van der Waals surface area contributed by atoms with Crippen molar-refractivity contribution >= 4 is 22.4 Å². The highest BCUT2D eigenvalue weighted by molar-refractivity contribution is 5.78. The molecule has 9 heteroatoms. The molecule has 0 unspecified atom stereocenters. The lowest BCUT2D eigenvalue weighted by Crippen LogP contribution is -2.16. The number of halogens is 3. The molecule has 0 radical (unpaired) electrons. The number of hydrogen-bond donors (Lipinski definition) is 1. The first kappa shape index (κ1) is 18.2. The van der Waals surface area contributed by atoms with E-state index < -0.39 is 18.0 Å². The van der Waals surface area contributed by atoms with Crippen LogP contribution in [0.1, 0.15) is 23.2 Å². The van der Waals surface area contributed by atoms with Crippen LogP contribution in [0, 0.1) is 0 Å². The van der Waals surface area contributed by atoms with Gasteiger partial charge in [-0.25, -0.2) is 0 Å². The maximum Gasteiger partial charge on any atom is 0.453 e. The third kappa shape index (κ3) is 3.24. The first-order chi connectivity index (χ1) is 14.5. The van der Waals surface area contributed by atoms with Gasteiger partial charge in [-0.2, -0.15) is 17.7 Å². The van der Waals surface area contributed by atoms with E-state index in [2.05, 4.69) is 20.6 Å². The van der Waals surface area contributed by atoms with E-state index in [0.29, 0.717) is 10.3 Å². The molecule has 3 heterocycles. The van der Waals surface area contributed by atoms with Crippen molar-refractivity contribution in [3.63, 3.8) is 0 Å². The molecule has 0 aliphatic heterocycles. The summed E-state index contributed by atoms with van der Waals surface area (Å²) in [6.45, 7) is 0. The van der Waals surface area contributed by atoms with Crippen molar-refractivity contribution < 1.29 is 17.6 Å². The number of nitrogens with one attached hydrogen (secondary N) is 1. The molecule has 3 aromatic heterocycles. The third-order valence-corrected chi connectivity index (χ3v) is 4.67. The lowest BCUT2D eigenvalue weighted by atomic mass is 10.0. The summed E-state index contributed by atoms with van der Waals surface area (Å²) in [7, 11) is 0. The van der Waals surface area contributed by atoms with E-state index in [4.69, 9.17) is 4.42 Å². The number of nitrogens with zero attached hydrogens (tertiary/aromatic N) is 4. The van der Waals surface area contributed by atoms with Crippen molar-refractivity contribution in [1.29, 1.82) is 0 Å². The van der Waals surface area contributed by atoms with Crippen LogP contribution in [0.5, 0.6) is 0 Å². The summed E-state index contributed by atoms with van der Waals surface area (Å²) >= 11 is 0. The maximum absolute atomic E-state index is 13.2. The number of aromatic nitrogens is 4. The van der Waals surface area contributed by atoms with Crippen molar-refractivity contribution in [2.45, 2.75) is 12.2 Å². The lowest BCUT2D eigenvalue weighted by molar-refractivity contribution is -0.146. The minimum Gasteiger partial charge on any atom is -0.459 e. The average Bonchev–Trinajstić information content (AvgIpc) is 3.36. The first-order valence-electron chi connectivity index (χ1n) is 9.09. The summed E-state index contributed by atoms with van der Waals surface area (Å²) in [4.78, 5) is 0. The summed E-state index contributed by atoms with van der Waals surface area (Å²) in [5.41, 5.74) is 1.60. The van der Waals surface area contributed by atoms with Crippen LogP contribution in [0.4, 0.5) is 19.0 Å². The molecule has 30 heavy (non-hydrogen) atoms. The summed E-state index contributed by atoms with van der Waals surface area (Å²) in [6, 6.07) is 21.5. The zero-order valence-corrected chi connectivity index (χ0v) is 15.3. The van der Waals surface area contributed by atoms with Gasteiger partial charge in [-0.3, -0.25) is 0 Å². The van der Waals surface area contributed by atoms with E-state index >= 15 is 0 Å². The van der Waals surface area contributed by atoms with Crippen molar-refractivity contribution in [1.82, 2.24) is 19.8 Å². The molecule has 0 aliphatic carbocycles. The molecule has 1 N–H and O–H groups in total. The van der Waals surface area contributed by atoms with E-state index in [1.165, 1.54) is 6.07 Å². The number of fused-ring (bicyclic) bond motifs is 2. The van der Waals surface area contributed by atoms with Gasteiger partial charge in [0.05, 0.1) is 0 Å². The number of para-hydroxylation sites is 1. The lowest BCUT2D eigenvalue weighted by Gasteiger charge is -2.18. The highest BCUT2D eigenvalue weighted by atomic mass is 19.4. The highest BCUT2D eigenvalue weighted by Gasteiger charge is 2.37. The largest absolute Gasteiger partial charge is 0.459 e. The van der Waals surface area contributed by atoms with E-state index in [0.717, 1.165) is 16.5 Å². The van der Waals surface area contributed by atoms with Gasteiger partial charge in [0.1, 0.15) is 23.2 Å². The van der Waals surface area contributed by atoms with Gasteiger partial charge in [-0.15, -0.1) is 15.3 Å². The van der Waals surface area contributed by atoms with Crippen molar-refractivity contribution in [2.75, 3.05) is 5.32 Å². The Hall–Kier alpha value is -3.88. The van der Waals surface area contributed by atoms with Crippen LogP contribution in [-0.4, -0.2) is 19.8 Å². The molecule has 0 aliphatic rings. The summed E-state index contributed by atoms with van der Waals surface area (Å²) in [5.74, 6) is -0.340. The van der Waals surface area contributed by atoms with Gasteiger partial charge in [0.2, 0.25) is 0 Å². The van der Waals surface area contributed by atoms with Gasteiger partial charge < -0.3 is 9.73 Å². The molecule has 2 aromatic carbocycles. The number of anilines is 1. The van der Waals surface area contributed by atoms with Crippen molar-refractivity contribution in [3.8, 4) is 0 Å². The standard InChI is InChI=1S/C21H14F3N5O/c22-21(23,24)20-27-26-18-11-10-17(28-29(18)20)25-19(13-6-2-1-3-7-13)16-12-14-8-4-5-9-15(14)30-16/h1-12,19H,(H,25,28)/t19-/m0/s1. The Morgan fingerprint density at radius 3 is 2.43 bits per heavy atom. The summed E-state index contributed by atoms with van der Waals surface area (Å²) < 4.78 is 46.3. The van der Waals surface area contributed by atoms with Crippen LogP contribution in [0.15, 0.2) is 77.2 Å². The molecule has 150 valence electrons. The van der Waals surface area contributed by atoms with Crippen LogP contribution in [0.25, 0.3) is 16.6 Å². The number of furan rings is 1. The van der Waals surface area contributed by atoms with E-state index in [9.17, 15) is 13.2 Å². The number of hydrogen-bond acceptors (Lipinski definition) is 5. The molecule has 6 nitrogen and oxygen atoms in total. The van der Waals surface area contributed by atoms with Crippen LogP contribution in [-0.2, 0) is 6.18 Å². The SMILES string of the molecule is FC(F)(F)c1nnc2ccc(N[C@@H](c3ccccc3)c3cc4ccccc4o3)nn12. The quantitative estimate of drug-likeness (QED) is 0.448. The predicted molar refractivity (Wildman–Crippen MR) is 104 cm³/mol. The molecule has 0 saturated heterocycles. The smallest absolute Gasteiger partial charge is 0.453 e. The highest BCUT2D eigenvalue weighted by Crippen LogP contribution is 2.32. The summed E-state index contributed by atoms with van der Waals surface area (Å²) in [6.07, 6.45) is -4.66. The second-order valence-electron chi connectivity index (χ2n) is 6.68. The minimum atomic E-state index is -4.66. The molecule has 0 bridgehead atoms. The molecule has 0 spiro atoms. The molecule has 5 rings (SSSR count). The van der Waals surface area contributed by atoms with Gasteiger partial charge in [-0.05, 0) is 29.8 Å². The van der Waals surface area contributed by atoms with Gasteiger partial charge in [0, 0.05) is 5.39 Å². The zero-order chi connectivity index (χ0) is 20.7. The van der Waals surface area contributed by atoms with Crippen molar-refractivity contribution in [3.05, 3.63) is 89.9 Å². The number of benzene rings is 2. The molecular formula is C21H14F3N5O. The summed E-state index contributed by atoms with van der Waals surface area (Å²) in [5, 5.41) is 14.9. The second-order valence-corrected chi connectivity index (χ2v) is 6.68. The third-order valence-electron chi connectivity index (χ3n) is 4.67. The van der Waals surface area contributed by atoms with Crippen LogP contribution < -0.4 is 5.32 Å². The monoisotopic (exact) mass is 409 g/mol. The normalized spacial score (nSPS) is 13.0. The van der Waals surface area contributed by atoms with E-state index in [1.807, 2.05) is 60.7 Å². The maximum atomic E-state index is 13.2. The van der Waals surface area contributed by atoms with E-state index in [1.54, 1.807) is 6.07 Å². The molecule has 0 fully saturated rings. The van der Waals surface area contributed by atoms with Gasteiger partial charge in [0.25, 0.3) is 5.82 Å². The van der Waals surface area contributed by atoms with Gasteiger partial charge in [0.15, 0.2) is 5.65 Å². The Morgan fingerprint density at radius 2 is 1.67 bits per heavy atom. The van der Waals surface area contributed by atoms with Crippen LogP contribution in [0.2, 0.25) is 0 Å². The molecule has 5 aromatic rings. The fourth-order valence-electron chi connectivity index (χ4n) is 3.30. The fraction of sp³-hybridized carbons (Fsp3) is 0.0952. The Balaban J connectivity index is 1.59. The molecule has 0 amide bonds. The average molecular weight is 409 g/mol. The second kappa shape index (κ2) is 6.87. The van der Waals surface area contributed by atoms with Gasteiger partial charge in [-0.1, -0.05) is 48.5 Å². The Labute approximate surface area is 168 Å². The van der Waals surface area contributed by atoms with Crippen LogP contribution >= 0.6 is 0 Å². The zero-order valence-electron chi connectivity index (χ0n) is 15.3. The van der Waals surface area contributed by atoms with Gasteiger partial charge >= 0.3 is 6.18 Å². The van der Waals surface area contributed by atoms with E-state index in [-0.39, 0.29) is 11.5 Å². The fourth-order valence-corrected chi connectivity index (χ4v) is 3.30. The number of alkyl halides is 3. The molecule has 1 atom stereocenters. The topological polar surface area (TPSA) is 68.2 Å². The predicted octanol–water partition coefficient (Wildman–Crippen LogP) is 5.09. The van der Waals surface area contributed by atoms with Crippen molar-refractivity contribution in [2.24, 2.45) is 0 Å². The Morgan fingerprint density at radius 1 is 0.900 bits per heavy atom. The van der Waals surface area contributed by atoms with Crippen LogP contribution in [0.3, 0.4) is 0 Å². The molecule has 0 saturated carbocycles. The first-order valence-corrected chi connectivity index (χ1v) is 9.09. The Bertz CT molecular complexity index is 1290. The Kier molecular flexibility index (Phi) is 4.16. The molecular weight excluding hydrogens is 395 g/mol. The minimum absolute atomic E-state index is 0.00729.